The first kappa shape index (κ1) is 13.3. The van der Waals surface area contributed by atoms with E-state index >= 15 is 0 Å². The molecule has 2 N–H and O–H groups in total. The zero-order valence-electron chi connectivity index (χ0n) is 12.2. The van der Waals surface area contributed by atoms with E-state index in [0.717, 1.165) is 24.2 Å². The average Bonchev–Trinajstić information content (AvgIpc) is 3.04. The van der Waals surface area contributed by atoms with Gasteiger partial charge in [0.05, 0.1) is 6.04 Å². The minimum absolute atomic E-state index is 0.0364. The standard InChI is InChI=1S/C16H22N2O2/c1-10-7-8-13-14(9-20-15(13)11(10)2)18-16(19)17-12-5-3-4-6-12/h7-8,12,14H,3-6,9H2,1-2H3,(H2,17,18,19). The summed E-state index contributed by atoms with van der Waals surface area (Å²) < 4.78 is 5.75. The van der Waals surface area contributed by atoms with Gasteiger partial charge in [-0.05, 0) is 37.8 Å². The fourth-order valence-corrected chi connectivity index (χ4v) is 3.11. The number of benzene rings is 1. The Morgan fingerprint density at radius 2 is 1.95 bits per heavy atom. The first-order valence-electron chi connectivity index (χ1n) is 7.45. The molecule has 0 bridgehead atoms. The van der Waals surface area contributed by atoms with Crippen LogP contribution >= 0.6 is 0 Å². The Hall–Kier alpha value is -1.71. The van der Waals surface area contributed by atoms with Crippen molar-refractivity contribution in [2.75, 3.05) is 6.61 Å². The average molecular weight is 274 g/mol. The van der Waals surface area contributed by atoms with Crippen LogP contribution in [0.15, 0.2) is 12.1 Å². The molecular weight excluding hydrogens is 252 g/mol. The summed E-state index contributed by atoms with van der Waals surface area (Å²) in [6, 6.07) is 4.39. The van der Waals surface area contributed by atoms with E-state index in [9.17, 15) is 4.79 Å². The van der Waals surface area contributed by atoms with Gasteiger partial charge < -0.3 is 15.4 Å². The van der Waals surface area contributed by atoms with Crippen molar-refractivity contribution in [3.63, 3.8) is 0 Å². The number of amides is 2. The Labute approximate surface area is 119 Å². The Kier molecular flexibility index (Phi) is 3.55. The highest BCUT2D eigenvalue weighted by molar-refractivity contribution is 5.75. The predicted octanol–water partition coefficient (Wildman–Crippen LogP) is 2.98. The summed E-state index contributed by atoms with van der Waals surface area (Å²) >= 11 is 0. The maximum atomic E-state index is 12.0. The van der Waals surface area contributed by atoms with Crippen LogP contribution in [0.25, 0.3) is 0 Å². The molecule has 0 spiro atoms. The van der Waals surface area contributed by atoms with E-state index in [2.05, 4.69) is 36.6 Å². The lowest BCUT2D eigenvalue weighted by molar-refractivity contribution is 0.228. The van der Waals surface area contributed by atoms with Crippen LogP contribution in [-0.4, -0.2) is 18.7 Å². The zero-order valence-corrected chi connectivity index (χ0v) is 12.2. The van der Waals surface area contributed by atoms with Crippen LogP contribution < -0.4 is 15.4 Å². The zero-order chi connectivity index (χ0) is 14.1. The van der Waals surface area contributed by atoms with Crippen LogP contribution in [0.1, 0.15) is 48.4 Å². The predicted molar refractivity (Wildman–Crippen MR) is 78.1 cm³/mol. The molecule has 0 radical (unpaired) electrons. The molecule has 2 amide bonds. The minimum atomic E-state index is -0.0726. The third-order valence-electron chi connectivity index (χ3n) is 4.47. The Bertz CT molecular complexity index is 521. The molecule has 108 valence electrons. The molecule has 0 saturated heterocycles. The lowest BCUT2D eigenvalue weighted by atomic mass is 10.0. The highest BCUT2D eigenvalue weighted by atomic mass is 16.5. The van der Waals surface area contributed by atoms with Gasteiger partial charge in [-0.2, -0.15) is 0 Å². The minimum Gasteiger partial charge on any atom is -0.490 e. The highest BCUT2D eigenvalue weighted by Gasteiger charge is 2.28. The number of ether oxygens (including phenoxy) is 1. The van der Waals surface area contributed by atoms with Gasteiger partial charge in [0.1, 0.15) is 12.4 Å². The third-order valence-corrected chi connectivity index (χ3v) is 4.47. The van der Waals surface area contributed by atoms with Crippen molar-refractivity contribution in [2.24, 2.45) is 0 Å². The number of aryl methyl sites for hydroxylation is 1. The van der Waals surface area contributed by atoms with Gasteiger partial charge in [-0.3, -0.25) is 0 Å². The molecule has 3 rings (SSSR count). The van der Waals surface area contributed by atoms with Crippen molar-refractivity contribution >= 4 is 6.03 Å². The van der Waals surface area contributed by atoms with E-state index in [1.54, 1.807) is 0 Å². The van der Waals surface area contributed by atoms with Crippen molar-refractivity contribution in [1.29, 1.82) is 0 Å². The topological polar surface area (TPSA) is 50.4 Å². The van der Waals surface area contributed by atoms with Crippen molar-refractivity contribution in [3.8, 4) is 5.75 Å². The van der Waals surface area contributed by atoms with Crippen LogP contribution in [0.5, 0.6) is 5.75 Å². The third kappa shape index (κ3) is 2.47. The van der Waals surface area contributed by atoms with Crippen molar-refractivity contribution in [1.82, 2.24) is 10.6 Å². The Balaban J connectivity index is 1.66. The van der Waals surface area contributed by atoms with Gasteiger partial charge in [-0.25, -0.2) is 4.79 Å². The van der Waals surface area contributed by atoms with Crippen molar-refractivity contribution in [2.45, 2.75) is 51.6 Å². The molecular formula is C16H22N2O2. The largest absolute Gasteiger partial charge is 0.490 e. The van der Waals surface area contributed by atoms with Gasteiger partial charge >= 0.3 is 6.03 Å². The summed E-state index contributed by atoms with van der Waals surface area (Å²) in [4.78, 5) is 12.0. The molecule has 1 atom stereocenters. The van der Waals surface area contributed by atoms with Gasteiger partial charge in [-0.1, -0.05) is 25.0 Å². The number of fused-ring (bicyclic) bond motifs is 1. The molecule has 2 aliphatic rings. The molecule has 4 heteroatoms. The fraction of sp³-hybridized carbons (Fsp3) is 0.562. The maximum absolute atomic E-state index is 12.0. The van der Waals surface area contributed by atoms with Crippen LogP contribution in [0.2, 0.25) is 0 Å². The number of rotatable bonds is 2. The van der Waals surface area contributed by atoms with Gasteiger partial charge in [0.25, 0.3) is 0 Å². The second-order valence-electron chi connectivity index (χ2n) is 5.89. The summed E-state index contributed by atoms with van der Waals surface area (Å²) in [6.07, 6.45) is 4.64. The normalized spacial score (nSPS) is 21.4. The van der Waals surface area contributed by atoms with E-state index < -0.39 is 0 Å². The summed E-state index contributed by atoms with van der Waals surface area (Å²) in [5.74, 6) is 0.941. The maximum Gasteiger partial charge on any atom is 0.315 e. The molecule has 1 aliphatic carbocycles. The lowest BCUT2D eigenvalue weighted by Crippen LogP contribution is -2.42. The van der Waals surface area contributed by atoms with E-state index in [1.165, 1.54) is 24.0 Å². The number of carbonyl (C=O) groups excluding carboxylic acids is 1. The molecule has 1 fully saturated rings. The quantitative estimate of drug-likeness (QED) is 0.871. The molecule has 4 nitrogen and oxygen atoms in total. The molecule has 1 aromatic carbocycles. The van der Waals surface area contributed by atoms with Gasteiger partial charge in [0, 0.05) is 11.6 Å². The molecule has 1 saturated carbocycles. The second kappa shape index (κ2) is 5.35. The van der Waals surface area contributed by atoms with Crippen molar-refractivity contribution < 1.29 is 9.53 Å². The number of nitrogens with one attached hydrogen (secondary N) is 2. The van der Waals surface area contributed by atoms with E-state index in [1.807, 2.05) is 0 Å². The van der Waals surface area contributed by atoms with E-state index in [-0.39, 0.29) is 12.1 Å². The summed E-state index contributed by atoms with van der Waals surface area (Å²) in [6.45, 7) is 4.67. The van der Waals surface area contributed by atoms with Crippen LogP contribution in [0.3, 0.4) is 0 Å². The molecule has 20 heavy (non-hydrogen) atoms. The first-order chi connectivity index (χ1) is 9.65. The van der Waals surface area contributed by atoms with Crippen molar-refractivity contribution in [3.05, 3.63) is 28.8 Å². The van der Waals surface area contributed by atoms with Gasteiger partial charge in [-0.15, -0.1) is 0 Å². The summed E-state index contributed by atoms with van der Waals surface area (Å²) in [5.41, 5.74) is 3.48. The summed E-state index contributed by atoms with van der Waals surface area (Å²) in [7, 11) is 0. The van der Waals surface area contributed by atoms with Gasteiger partial charge in [0.15, 0.2) is 0 Å². The SMILES string of the molecule is Cc1ccc2c(c1C)OCC2NC(=O)NC1CCCC1. The number of hydrogen-bond donors (Lipinski definition) is 2. The fourth-order valence-electron chi connectivity index (χ4n) is 3.11. The number of carbonyl (C=O) groups is 1. The molecule has 1 heterocycles. The lowest BCUT2D eigenvalue weighted by Gasteiger charge is -2.16. The summed E-state index contributed by atoms with van der Waals surface area (Å²) in [5, 5.41) is 6.09. The second-order valence-corrected chi connectivity index (χ2v) is 5.89. The smallest absolute Gasteiger partial charge is 0.315 e. The molecule has 0 aromatic heterocycles. The highest BCUT2D eigenvalue weighted by Crippen LogP contribution is 2.36. The number of urea groups is 1. The number of hydrogen-bond acceptors (Lipinski definition) is 2. The Morgan fingerprint density at radius 1 is 1.20 bits per heavy atom. The molecule has 1 unspecified atom stereocenters. The van der Waals surface area contributed by atoms with E-state index in [0.29, 0.717) is 12.6 Å². The molecule has 1 aliphatic heterocycles. The monoisotopic (exact) mass is 274 g/mol. The van der Waals surface area contributed by atoms with Gasteiger partial charge in [0.2, 0.25) is 0 Å². The molecule has 1 aromatic rings. The van der Waals surface area contributed by atoms with E-state index in [4.69, 9.17) is 4.74 Å². The Morgan fingerprint density at radius 3 is 2.70 bits per heavy atom. The first-order valence-corrected chi connectivity index (χ1v) is 7.45. The van der Waals surface area contributed by atoms with Crippen LogP contribution in [-0.2, 0) is 0 Å². The van der Waals surface area contributed by atoms with Crippen LogP contribution in [0, 0.1) is 13.8 Å². The van der Waals surface area contributed by atoms with Crippen LogP contribution in [0.4, 0.5) is 4.79 Å².